The molecular weight excluding hydrogens is 252 g/mol. The largest absolute Gasteiger partial charge is 0.490 e. The summed E-state index contributed by atoms with van der Waals surface area (Å²) in [7, 11) is 2.02. The molecule has 1 aliphatic rings. The van der Waals surface area contributed by atoms with Gasteiger partial charge in [-0.3, -0.25) is 4.90 Å². The molecule has 2 rings (SSSR count). The fraction of sp³-hybridized carbons (Fsp3) is 0.625. The van der Waals surface area contributed by atoms with Crippen LogP contribution in [0.5, 0.6) is 11.5 Å². The van der Waals surface area contributed by atoms with Crippen molar-refractivity contribution in [3.05, 3.63) is 24.3 Å². The van der Waals surface area contributed by atoms with E-state index in [1.54, 1.807) is 0 Å². The summed E-state index contributed by atoms with van der Waals surface area (Å²) in [5.41, 5.74) is 0. The summed E-state index contributed by atoms with van der Waals surface area (Å²) in [6.45, 7) is 7.84. The van der Waals surface area contributed by atoms with Crippen molar-refractivity contribution in [2.45, 2.75) is 13.3 Å². The zero-order valence-corrected chi connectivity index (χ0v) is 12.6. The van der Waals surface area contributed by atoms with E-state index >= 15 is 0 Å². The van der Waals surface area contributed by atoms with Gasteiger partial charge in [-0.2, -0.15) is 0 Å². The maximum absolute atomic E-state index is 5.86. The molecule has 4 heteroatoms. The van der Waals surface area contributed by atoms with Gasteiger partial charge in [-0.1, -0.05) is 12.1 Å². The van der Waals surface area contributed by atoms with Crippen molar-refractivity contribution in [2.24, 2.45) is 5.92 Å². The van der Waals surface area contributed by atoms with Crippen LogP contribution in [0.4, 0.5) is 0 Å². The number of rotatable bonds is 8. The zero-order chi connectivity index (χ0) is 14.2. The molecule has 0 aromatic heterocycles. The molecular formula is C16H26N2O2. The lowest BCUT2D eigenvalue weighted by molar-refractivity contribution is 0.222. The second kappa shape index (κ2) is 8.12. The molecule has 1 heterocycles. The van der Waals surface area contributed by atoms with Crippen LogP contribution in [0, 0.1) is 5.92 Å². The molecule has 0 spiro atoms. The van der Waals surface area contributed by atoms with Crippen molar-refractivity contribution in [1.82, 2.24) is 10.2 Å². The van der Waals surface area contributed by atoms with E-state index in [4.69, 9.17) is 9.47 Å². The van der Waals surface area contributed by atoms with Crippen LogP contribution in [0.15, 0.2) is 24.3 Å². The fourth-order valence-electron chi connectivity index (χ4n) is 2.70. The fourth-order valence-corrected chi connectivity index (χ4v) is 2.70. The van der Waals surface area contributed by atoms with Gasteiger partial charge in [-0.25, -0.2) is 0 Å². The van der Waals surface area contributed by atoms with Crippen LogP contribution in [0.3, 0.4) is 0 Å². The molecule has 1 N–H and O–H groups in total. The van der Waals surface area contributed by atoms with Crippen molar-refractivity contribution in [3.8, 4) is 11.5 Å². The number of para-hydroxylation sites is 2. The predicted molar refractivity (Wildman–Crippen MR) is 81.6 cm³/mol. The number of ether oxygens (including phenoxy) is 2. The number of nitrogens with zero attached hydrogens (tertiary/aromatic N) is 1. The Balaban J connectivity index is 1.73. The number of hydrogen-bond acceptors (Lipinski definition) is 4. The molecule has 0 saturated carbocycles. The Kier molecular flexibility index (Phi) is 6.15. The lowest BCUT2D eigenvalue weighted by Crippen LogP contribution is -2.28. The van der Waals surface area contributed by atoms with Gasteiger partial charge in [0.15, 0.2) is 11.5 Å². The first kappa shape index (κ1) is 15.1. The maximum Gasteiger partial charge on any atom is 0.161 e. The van der Waals surface area contributed by atoms with E-state index in [1.807, 2.05) is 38.2 Å². The minimum atomic E-state index is 0.665. The molecule has 1 aromatic carbocycles. The lowest BCUT2D eigenvalue weighted by Gasteiger charge is -2.17. The van der Waals surface area contributed by atoms with Gasteiger partial charge >= 0.3 is 0 Å². The first-order valence-corrected chi connectivity index (χ1v) is 7.55. The van der Waals surface area contributed by atoms with E-state index in [2.05, 4.69) is 10.2 Å². The Bertz CT molecular complexity index is 398. The molecule has 4 nitrogen and oxygen atoms in total. The van der Waals surface area contributed by atoms with Gasteiger partial charge in [0.1, 0.15) is 6.61 Å². The summed E-state index contributed by atoms with van der Waals surface area (Å²) >= 11 is 0. The lowest BCUT2D eigenvalue weighted by atomic mass is 10.1. The number of hydrogen-bond donors (Lipinski definition) is 1. The monoisotopic (exact) mass is 278 g/mol. The number of benzene rings is 1. The summed E-state index contributed by atoms with van der Waals surface area (Å²) in [5.74, 6) is 2.47. The molecule has 0 amide bonds. The van der Waals surface area contributed by atoms with Crippen LogP contribution < -0.4 is 14.8 Å². The predicted octanol–water partition coefficient (Wildman–Crippen LogP) is 2.01. The van der Waals surface area contributed by atoms with Crippen molar-refractivity contribution in [3.63, 3.8) is 0 Å². The van der Waals surface area contributed by atoms with Gasteiger partial charge in [0.2, 0.25) is 0 Å². The molecule has 1 aliphatic heterocycles. The zero-order valence-electron chi connectivity index (χ0n) is 12.6. The SMILES string of the molecule is CCOc1ccccc1OCCN1CCC(CNC)C1. The van der Waals surface area contributed by atoms with Crippen molar-refractivity contribution < 1.29 is 9.47 Å². The van der Waals surface area contributed by atoms with E-state index in [0.29, 0.717) is 6.61 Å². The summed E-state index contributed by atoms with van der Waals surface area (Å²) in [5, 5.41) is 3.26. The van der Waals surface area contributed by atoms with Crippen LogP contribution in [-0.2, 0) is 0 Å². The maximum atomic E-state index is 5.86. The van der Waals surface area contributed by atoms with E-state index in [0.717, 1.165) is 37.1 Å². The molecule has 1 unspecified atom stereocenters. The third-order valence-corrected chi connectivity index (χ3v) is 3.68. The number of nitrogens with one attached hydrogen (secondary N) is 1. The topological polar surface area (TPSA) is 33.7 Å². The second-order valence-electron chi connectivity index (χ2n) is 5.24. The summed E-state index contributed by atoms with van der Waals surface area (Å²) in [6.07, 6.45) is 1.29. The van der Waals surface area contributed by atoms with Gasteiger partial charge < -0.3 is 14.8 Å². The molecule has 0 aliphatic carbocycles. The van der Waals surface area contributed by atoms with Gasteiger partial charge in [0.25, 0.3) is 0 Å². The van der Waals surface area contributed by atoms with E-state index < -0.39 is 0 Å². The molecule has 112 valence electrons. The highest BCUT2D eigenvalue weighted by Gasteiger charge is 2.21. The first-order valence-electron chi connectivity index (χ1n) is 7.55. The average Bonchev–Trinajstić information content (AvgIpc) is 2.89. The summed E-state index contributed by atoms with van der Waals surface area (Å²) < 4.78 is 11.4. The van der Waals surface area contributed by atoms with Gasteiger partial charge in [-0.05, 0) is 51.5 Å². The molecule has 0 radical (unpaired) electrons. The number of likely N-dealkylation sites (tertiary alicyclic amines) is 1. The Labute approximate surface area is 122 Å². The summed E-state index contributed by atoms with van der Waals surface area (Å²) in [4.78, 5) is 2.48. The Hall–Kier alpha value is -1.26. The molecule has 20 heavy (non-hydrogen) atoms. The first-order chi connectivity index (χ1) is 9.83. The van der Waals surface area contributed by atoms with E-state index in [1.165, 1.54) is 19.5 Å². The van der Waals surface area contributed by atoms with Gasteiger partial charge in [0, 0.05) is 13.1 Å². The highest BCUT2D eigenvalue weighted by Crippen LogP contribution is 2.26. The van der Waals surface area contributed by atoms with Gasteiger partial charge in [0.05, 0.1) is 6.61 Å². The highest BCUT2D eigenvalue weighted by atomic mass is 16.5. The minimum absolute atomic E-state index is 0.665. The van der Waals surface area contributed by atoms with Crippen LogP contribution in [0.25, 0.3) is 0 Å². The van der Waals surface area contributed by atoms with Crippen LogP contribution in [-0.4, -0.2) is 51.3 Å². The van der Waals surface area contributed by atoms with Crippen molar-refractivity contribution >= 4 is 0 Å². The molecule has 1 fully saturated rings. The van der Waals surface area contributed by atoms with E-state index in [-0.39, 0.29) is 0 Å². The molecule has 1 saturated heterocycles. The minimum Gasteiger partial charge on any atom is -0.490 e. The Morgan fingerprint density at radius 2 is 2.00 bits per heavy atom. The Morgan fingerprint density at radius 1 is 1.25 bits per heavy atom. The van der Waals surface area contributed by atoms with Crippen LogP contribution >= 0.6 is 0 Å². The van der Waals surface area contributed by atoms with Crippen molar-refractivity contribution in [2.75, 3.05) is 46.4 Å². The average molecular weight is 278 g/mol. The normalized spacial score (nSPS) is 19.2. The highest BCUT2D eigenvalue weighted by molar-refractivity contribution is 5.39. The second-order valence-corrected chi connectivity index (χ2v) is 5.24. The van der Waals surface area contributed by atoms with Crippen molar-refractivity contribution in [1.29, 1.82) is 0 Å². The standard InChI is InChI=1S/C16H26N2O2/c1-3-19-15-6-4-5-7-16(15)20-11-10-18-9-8-14(13-18)12-17-2/h4-7,14,17H,3,8-13H2,1-2H3. The van der Waals surface area contributed by atoms with E-state index in [9.17, 15) is 0 Å². The quantitative estimate of drug-likeness (QED) is 0.788. The van der Waals surface area contributed by atoms with Crippen LogP contribution in [0.2, 0.25) is 0 Å². The molecule has 1 aromatic rings. The Morgan fingerprint density at radius 3 is 2.70 bits per heavy atom. The smallest absolute Gasteiger partial charge is 0.161 e. The third-order valence-electron chi connectivity index (χ3n) is 3.68. The molecule has 0 bridgehead atoms. The van der Waals surface area contributed by atoms with Crippen LogP contribution in [0.1, 0.15) is 13.3 Å². The van der Waals surface area contributed by atoms with Gasteiger partial charge in [-0.15, -0.1) is 0 Å². The third kappa shape index (κ3) is 4.39. The molecule has 1 atom stereocenters. The summed E-state index contributed by atoms with van der Waals surface area (Å²) in [6, 6.07) is 7.88.